The standard InChI is InChI=1S/C12H15N3/c1-2-4-12-11(3-1)9-15(14-12)8-10-5-6-13-7-10/h1-4,9-10,13H,5-8H2. The second-order valence-corrected chi connectivity index (χ2v) is 4.27. The zero-order valence-corrected chi connectivity index (χ0v) is 8.69. The van der Waals surface area contributed by atoms with Gasteiger partial charge >= 0.3 is 0 Å². The van der Waals surface area contributed by atoms with Gasteiger partial charge in [0.15, 0.2) is 0 Å². The van der Waals surface area contributed by atoms with E-state index in [2.05, 4.69) is 39.5 Å². The Morgan fingerprint density at radius 1 is 1.40 bits per heavy atom. The molecule has 1 aliphatic heterocycles. The lowest BCUT2D eigenvalue weighted by atomic mass is 10.1. The molecule has 1 unspecified atom stereocenters. The summed E-state index contributed by atoms with van der Waals surface area (Å²) in [4.78, 5) is 0. The molecule has 0 spiro atoms. The van der Waals surface area contributed by atoms with E-state index in [0.717, 1.165) is 31.1 Å². The predicted molar refractivity (Wildman–Crippen MR) is 60.7 cm³/mol. The highest BCUT2D eigenvalue weighted by Crippen LogP contribution is 2.14. The third kappa shape index (κ3) is 1.75. The molecule has 1 aliphatic rings. The normalized spacial score (nSPS) is 21.2. The molecule has 1 saturated heterocycles. The molecule has 1 atom stereocenters. The van der Waals surface area contributed by atoms with Gasteiger partial charge in [-0.2, -0.15) is 5.10 Å². The van der Waals surface area contributed by atoms with Gasteiger partial charge in [-0.05, 0) is 31.5 Å². The summed E-state index contributed by atoms with van der Waals surface area (Å²) in [6.07, 6.45) is 3.42. The van der Waals surface area contributed by atoms with Crippen molar-refractivity contribution in [3.8, 4) is 0 Å². The second kappa shape index (κ2) is 3.66. The molecule has 0 amide bonds. The minimum atomic E-state index is 0.749. The first-order valence-electron chi connectivity index (χ1n) is 5.55. The quantitative estimate of drug-likeness (QED) is 0.800. The van der Waals surface area contributed by atoms with Crippen LogP contribution in [0.25, 0.3) is 10.9 Å². The lowest BCUT2D eigenvalue weighted by Crippen LogP contribution is -2.14. The van der Waals surface area contributed by atoms with Crippen molar-refractivity contribution in [2.75, 3.05) is 13.1 Å². The van der Waals surface area contributed by atoms with E-state index in [-0.39, 0.29) is 0 Å². The fourth-order valence-corrected chi connectivity index (χ4v) is 2.24. The maximum atomic E-state index is 4.57. The summed E-state index contributed by atoms with van der Waals surface area (Å²) >= 11 is 0. The van der Waals surface area contributed by atoms with E-state index in [4.69, 9.17) is 0 Å². The Bertz CT molecular complexity index is 422. The third-order valence-electron chi connectivity index (χ3n) is 3.07. The minimum absolute atomic E-state index is 0.749. The molecule has 2 aromatic rings. The first-order chi connectivity index (χ1) is 7.42. The highest BCUT2D eigenvalue weighted by Gasteiger charge is 2.15. The zero-order valence-electron chi connectivity index (χ0n) is 8.69. The lowest BCUT2D eigenvalue weighted by Gasteiger charge is -2.07. The average molecular weight is 201 g/mol. The van der Waals surface area contributed by atoms with Crippen LogP contribution in [0.2, 0.25) is 0 Å². The molecule has 1 aromatic carbocycles. The van der Waals surface area contributed by atoms with Crippen LogP contribution in [0.1, 0.15) is 6.42 Å². The molecule has 1 aromatic heterocycles. The van der Waals surface area contributed by atoms with E-state index in [0.29, 0.717) is 0 Å². The highest BCUT2D eigenvalue weighted by atomic mass is 15.3. The molecule has 0 saturated carbocycles. The van der Waals surface area contributed by atoms with Crippen LogP contribution < -0.4 is 5.32 Å². The van der Waals surface area contributed by atoms with Crippen LogP contribution in [0.3, 0.4) is 0 Å². The van der Waals surface area contributed by atoms with E-state index in [1.165, 1.54) is 11.8 Å². The molecule has 15 heavy (non-hydrogen) atoms. The largest absolute Gasteiger partial charge is 0.316 e. The van der Waals surface area contributed by atoms with Crippen LogP contribution in [-0.4, -0.2) is 22.9 Å². The maximum Gasteiger partial charge on any atom is 0.0923 e. The fourth-order valence-electron chi connectivity index (χ4n) is 2.24. The van der Waals surface area contributed by atoms with Crippen LogP contribution in [0, 0.1) is 5.92 Å². The van der Waals surface area contributed by atoms with Crippen molar-refractivity contribution < 1.29 is 0 Å². The molecule has 3 rings (SSSR count). The zero-order chi connectivity index (χ0) is 10.1. The second-order valence-electron chi connectivity index (χ2n) is 4.27. The molecule has 0 radical (unpaired) electrons. The number of benzene rings is 1. The molecule has 2 heterocycles. The first kappa shape index (κ1) is 8.92. The average Bonchev–Trinajstić information content (AvgIpc) is 2.86. The summed E-state index contributed by atoms with van der Waals surface area (Å²) in [5, 5.41) is 9.19. The van der Waals surface area contributed by atoms with E-state index >= 15 is 0 Å². The summed E-state index contributed by atoms with van der Waals surface area (Å²) in [5.41, 5.74) is 1.10. The smallest absolute Gasteiger partial charge is 0.0923 e. The van der Waals surface area contributed by atoms with Crippen LogP contribution in [0.15, 0.2) is 30.5 Å². The predicted octanol–water partition coefficient (Wildman–Crippen LogP) is 1.65. The lowest BCUT2D eigenvalue weighted by molar-refractivity contribution is 0.452. The number of rotatable bonds is 2. The van der Waals surface area contributed by atoms with Gasteiger partial charge in [-0.15, -0.1) is 0 Å². The van der Waals surface area contributed by atoms with E-state index in [9.17, 15) is 0 Å². The molecule has 78 valence electrons. The summed E-state index contributed by atoms with van der Waals surface area (Å²) in [5.74, 6) is 0.749. The van der Waals surface area contributed by atoms with Crippen molar-refractivity contribution in [3.05, 3.63) is 30.5 Å². The minimum Gasteiger partial charge on any atom is -0.316 e. The number of nitrogens with one attached hydrogen (secondary N) is 1. The van der Waals surface area contributed by atoms with Gasteiger partial charge in [0.05, 0.1) is 5.52 Å². The van der Waals surface area contributed by atoms with E-state index in [1.54, 1.807) is 0 Å². The Kier molecular flexibility index (Phi) is 2.18. The number of aromatic nitrogens is 2. The van der Waals surface area contributed by atoms with E-state index < -0.39 is 0 Å². The van der Waals surface area contributed by atoms with Gasteiger partial charge in [-0.3, -0.25) is 4.68 Å². The Balaban J connectivity index is 1.84. The van der Waals surface area contributed by atoms with Gasteiger partial charge < -0.3 is 5.32 Å². The first-order valence-corrected chi connectivity index (χ1v) is 5.55. The van der Waals surface area contributed by atoms with Crippen LogP contribution >= 0.6 is 0 Å². The van der Waals surface area contributed by atoms with Crippen molar-refractivity contribution in [1.29, 1.82) is 0 Å². The number of hydrogen-bond acceptors (Lipinski definition) is 2. The van der Waals surface area contributed by atoms with Crippen molar-refractivity contribution in [2.24, 2.45) is 5.92 Å². The van der Waals surface area contributed by atoms with Gasteiger partial charge in [0.1, 0.15) is 0 Å². The van der Waals surface area contributed by atoms with E-state index in [1.807, 2.05) is 6.07 Å². The van der Waals surface area contributed by atoms with Crippen molar-refractivity contribution >= 4 is 10.9 Å². The monoisotopic (exact) mass is 201 g/mol. The summed E-state index contributed by atoms with van der Waals surface area (Å²) in [6.45, 7) is 3.34. The molecular weight excluding hydrogens is 186 g/mol. The Morgan fingerprint density at radius 2 is 2.33 bits per heavy atom. The van der Waals surface area contributed by atoms with Crippen molar-refractivity contribution in [2.45, 2.75) is 13.0 Å². The molecule has 1 fully saturated rings. The van der Waals surface area contributed by atoms with Crippen molar-refractivity contribution in [3.63, 3.8) is 0 Å². The van der Waals surface area contributed by atoms with Gasteiger partial charge in [0.2, 0.25) is 0 Å². The SMILES string of the molecule is c1ccc2nn(CC3CCNC3)cc2c1. The topological polar surface area (TPSA) is 29.9 Å². The van der Waals surface area contributed by atoms with Gasteiger partial charge in [-0.1, -0.05) is 18.2 Å². The summed E-state index contributed by atoms with van der Waals surface area (Å²) in [7, 11) is 0. The van der Waals surface area contributed by atoms with Gasteiger partial charge in [0, 0.05) is 18.1 Å². The maximum absolute atomic E-state index is 4.57. The Labute approximate surface area is 89.1 Å². The Hall–Kier alpha value is -1.35. The van der Waals surface area contributed by atoms with Crippen LogP contribution in [-0.2, 0) is 6.54 Å². The summed E-state index contributed by atoms with van der Waals surface area (Å²) in [6, 6.07) is 8.28. The Morgan fingerprint density at radius 3 is 3.13 bits per heavy atom. The van der Waals surface area contributed by atoms with Gasteiger partial charge in [-0.25, -0.2) is 0 Å². The van der Waals surface area contributed by atoms with Crippen LogP contribution in [0.5, 0.6) is 0 Å². The number of nitrogens with zero attached hydrogens (tertiary/aromatic N) is 2. The molecule has 3 heteroatoms. The molecule has 3 nitrogen and oxygen atoms in total. The number of fused-ring (bicyclic) bond motifs is 1. The fraction of sp³-hybridized carbons (Fsp3) is 0.417. The molecular formula is C12H15N3. The molecule has 0 bridgehead atoms. The van der Waals surface area contributed by atoms with Crippen molar-refractivity contribution in [1.82, 2.24) is 15.1 Å². The molecule has 0 aliphatic carbocycles. The van der Waals surface area contributed by atoms with Gasteiger partial charge in [0.25, 0.3) is 0 Å². The molecule has 1 N–H and O–H groups in total. The highest BCUT2D eigenvalue weighted by molar-refractivity contribution is 5.77. The number of hydrogen-bond donors (Lipinski definition) is 1. The third-order valence-corrected chi connectivity index (χ3v) is 3.07. The summed E-state index contributed by atoms with van der Waals surface area (Å²) < 4.78 is 2.09. The van der Waals surface area contributed by atoms with Crippen LogP contribution in [0.4, 0.5) is 0 Å².